The number of fused-ring (bicyclic) bond motifs is 2. The zero-order valence-corrected chi connectivity index (χ0v) is 18.4. The van der Waals surface area contributed by atoms with E-state index in [0.29, 0.717) is 12.8 Å². The Morgan fingerprint density at radius 3 is 2.13 bits per heavy atom. The van der Waals surface area contributed by atoms with E-state index in [4.69, 9.17) is 4.74 Å². The number of aliphatic hydroxyl groups is 6. The lowest BCUT2D eigenvalue weighted by Gasteiger charge is -2.51. The van der Waals surface area contributed by atoms with Crippen LogP contribution < -0.4 is 0 Å². The number of hydrogen-bond donors (Lipinski definition) is 6. The fourth-order valence-corrected chi connectivity index (χ4v) is 8.25. The molecule has 0 amide bonds. The number of hydrogen-bond acceptors (Lipinski definition) is 8. The van der Waals surface area contributed by atoms with Crippen molar-refractivity contribution in [3.05, 3.63) is 0 Å². The Morgan fingerprint density at radius 1 is 0.967 bits per heavy atom. The van der Waals surface area contributed by atoms with Crippen LogP contribution in [0.15, 0.2) is 0 Å². The van der Waals surface area contributed by atoms with Gasteiger partial charge in [-0.25, -0.2) is 0 Å². The summed E-state index contributed by atoms with van der Waals surface area (Å²) in [7, 11) is 0. The monoisotopic (exact) mass is 428 g/mol. The summed E-state index contributed by atoms with van der Waals surface area (Å²) in [5, 5.41) is 68.2. The highest BCUT2D eigenvalue weighted by molar-refractivity contribution is 5.66. The summed E-state index contributed by atoms with van der Waals surface area (Å²) < 4.78 is 5.61. The van der Waals surface area contributed by atoms with Gasteiger partial charge in [-0.15, -0.1) is 0 Å². The van der Waals surface area contributed by atoms with Gasteiger partial charge in [-0.3, -0.25) is 4.79 Å². The van der Waals surface area contributed by atoms with Gasteiger partial charge in [-0.1, -0.05) is 13.8 Å². The van der Waals surface area contributed by atoms with Crippen molar-refractivity contribution in [1.29, 1.82) is 0 Å². The van der Waals surface area contributed by atoms with Crippen molar-refractivity contribution in [1.82, 2.24) is 0 Å². The van der Waals surface area contributed by atoms with E-state index in [1.807, 2.05) is 0 Å². The van der Waals surface area contributed by atoms with Gasteiger partial charge in [0.15, 0.2) is 0 Å². The van der Waals surface area contributed by atoms with E-state index in [1.54, 1.807) is 20.8 Å². The molecular weight excluding hydrogens is 392 g/mol. The predicted octanol–water partition coefficient (Wildman–Crippen LogP) is -0.290. The molecule has 11 atom stereocenters. The van der Waals surface area contributed by atoms with Crippen LogP contribution in [-0.2, 0) is 9.53 Å². The van der Waals surface area contributed by atoms with Crippen molar-refractivity contribution in [3.63, 3.8) is 0 Å². The van der Waals surface area contributed by atoms with Crippen molar-refractivity contribution in [2.75, 3.05) is 0 Å². The molecule has 4 rings (SSSR count). The first-order valence-electron chi connectivity index (χ1n) is 10.9. The van der Waals surface area contributed by atoms with Gasteiger partial charge >= 0.3 is 5.97 Å². The second-order valence-corrected chi connectivity index (χ2v) is 11.4. The second kappa shape index (κ2) is 6.17. The maximum Gasteiger partial charge on any atom is 0.303 e. The van der Waals surface area contributed by atoms with Crippen LogP contribution in [-0.4, -0.2) is 77.8 Å². The average molecular weight is 429 g/mol. The first kappa shape index (κ1) is 22.4. The molecule has 172 valence electrons. The molecule has 0 aromatic carbocycles. The predicted molar refractivity (Wildman–Crippen MR) is 105 cm³/mol. The zero-order chi connectivity index (χ0) is 22.7. The van der Waals surface area contributed by atoms with E-state index in [2.05, 4.69) is 0 Å². The smallest absolute Gasteiger partial charge is 0.303 e. The van der Waals surface area contributed by atoms with Crippen LogP contribution in [0.5, 0.6) is 0 Å². The van der Waals surface area contributed by atoms with Crippen LogP contribution in [0.1, 0.15) is 60.3 Å². The third-order valence-corrected chi connectivity index (χ3v) is 9.53. The number of carbonyl (C=O) groups is 1. The van der Waals surface area contributed by atoms with E-state index in [0.717, 1.165) is 0 Å². The van der Waals surface area contributed by atoms with Crippen LogP contribution in [0.2, 0.25) is 0 Å². The van der Waals surface area contributed by atoms with Gasteiger partial charge in [-0.2, -0.15) is 0 Å². The van der Waals surface area contributed by atoms with Crippen molar-refractivity contribution in [2.45, 2.75) is 102 Å². The number of ether oxygens (including phenoxy) is 1. The van der Waals surface area contributed by atoms with Crippen LogP contribution >= 0.6 is 0 Å². The molecule has 0 aliphatic heterocycles. The van der Waals surface area contributed by atoms with E-state index in [1.165, 1.54) is 13.8 Å². The number of aliphatic hydroxyl groups excluding tert-OH is 3. The molecule has 8 nitrogen and oxygen atoms in total. The van der Waals surface area contributed by atoms with Crippen molar-refractivity contribution in [2.24, 2.45) is 28.6 Å². The molecule has 4 aliphatic rings. The summed E-state index contributed by atoms with van der Waals surface area (Å²) in [5.41, 5.74) is -7.12. The lowest BCUT2D eigenvalue weighted by atomic mass is 9.57. The Kier molecular flexibility index (Phi) is 4.61. The summed E-state index contributed by atoms with van der Waals surface area (Å²) in [4.78, 5) is 12.0. The third-order valence-electron chi connectivity index (χ3n) is 9.53. The number of esters is 1. The highest BCUT2D eigenvalue weighted by Crippen LogP contribution is 2.70. The Bertz CT molecular complexity index is 747. The molecule has 4 fully saturated rings. The summed E-state index contributed by atoms with van der Waals surface area (Å²) in [5.74, 6) is -2.81. The second-order valence-electron chi connectivity index (χ2n) is 11.4. The Morgan fingerprint density at radius 2 is 1.57 bits per heavy atom. The molecule has 0 aromatic rings. The minimum atomic E-state index is -1.95. The van der Waals surface area contributed by atoms with Gasteiger partial charge < -0.3 is 35.4 Å². The highest BCUT2D eigenvalue weighted by atomic mass is 16.6. The topological polar surface area (TPSA) is 148 Å². The molecule has 0 saturated heterocycles. The van der Waals surface area contributed by atoms with Gasteiger partial charge in [0, 0.05) is 29.6 Å². The third kappa shape index (κ3) is 2.41. The van der Waals surface area contributed by atoms with Gasteiger partial charge in [0.1, 0.15) is 11.7 Å². The van der Waals surface area contributed by atoms with Gasteiger partial charge in [0.25, 0.3) is 0 Å². The quantitative estimate of drug-likeness (QED) is 0.312. The van der Waals surface area contributed by atoms with Gasteiger partial charge in [0.05, 0.1) is 29.5 Å². The van der Waals surface area contributed by atoms with E-state index in [9.17, 15) is 35.4 Å². The van der Waals surface area contributed by atoms with Crippen LogP contribution in [0, 0.1) is 28.6 Å². The maximum absolute atomic E-state index is 12.1. The average Bonchev–Trinajstić information content (AvgIpc) is 2.77. The van der Waals surface area contributed by atoms with E-state index >= 15 is 0 Å². The molecular formula is C22H36O8. The fraction of sp³-hybridized carbons (Fsp3) is 0.955. The van der Waals surface area contributed by atoms with Gasteiger partial charge in [0.2, 0.25) is 0 Å². The number of carbonyl (C=O) groups excluding carboxylic acids is 1. The summed E-state index contributed by atoms with van der Waals surface area (Å²) in [6, 6.07) is 0. The molecule has 4 saturated carbocycles. The highest BCUT2D eigenvalue weighted by Gasteiger charge is 2.79. The molecule has 0 radical (unpaired) electrons. The SMILES string of the molecule is CC(=O)O[C@H]1C[C@]23C[C@@](C)(O)[C@H](CC[C@H]2[C@@](C)(O)[C@@H]2[C@@H](O)[C@H](O)C(C)(C)[C@@]12O)[C@H]3O. The lowest BCUT2D eigenvalue weighted by molar-refractivity contribution is -0.218. The van der Waals surface area contributed by atoms with Crippen LogP contribution in [0.25, 0.3) is 0 Å². The van der Waals surface area contributed by atoms with E-state index < -0.39 is 75.8 Å². The Balaban J connectivity index is 1.96. The summed E-state index contributed by atoms with van der Waals surface area (Å²) in [6.45, 7) is 7.60. The molecule has 6 N–H and O–H groups in total. The summed E-state index contributed by atoms with van der Waals surface area (Å²) >= 11 is 0. The molecule has 0 aromatic heterocycles. The normalized spacial score (nSPS) is 59.2. The first-order valence-corrected chi connectivity index (χ1v) is 10.9. The van der Waals surface area contributed by atoms with Crippen LogP contribution in [0.4, 0.5) is 0 Å². The number of rotatable bonds is 1. The lowest BCUT2D eigenvalue weighted by Crippen LogP contribution is -2.62. The molecule has 30 heavy (non-hydrogen) atoms. The zero-order valence-electron chi connectivity index (χ0n) is 18.4. The largest absolute Gasteiger partial charge is 0.459 e. The Labute approximate surface area is 176 Å². The molecule has 2 bridgehead atoms. The standard InChI is InChI=1S/C22H36O8/c1-10(23)30-13-8-21-9-19(4,27)11(16(21)25)6-7-12(21)20(5,28)15-14(24)17(26)18(2,3)22(13,15)29/h11-17,24-29H,6-9H2,1-5H3/t11-,12+,13+,14-,15+,16-,17+,19-,20-,21+,22-/m1/s1. The van der Waals surface area contributed by atoms with Gasteiger partial charge in [-0.05, 0) is 45.4 Å². The minimum Gasteiger partial charge on any atom is -0.459 e. The fourth-order valence-electron chi connectivity index (χ4n) is 8.25. The minimum absolute atomic E-state index is 0.0249. The Hall–Kier alpha value is -0.770. The molecule has 8 heteroatoms. The molecule has 0 heterocycles. The molecule has 0 unspecified atom stereocenters. The van der Waals surface area contributed by atoms with Crippen LogP contribution in [0.3, 0.4) is 0 Å². The van der Waals surface area contributed by atoms with Crippen molar-refractivity contribution in [3.8, 4) is 0 Å². The first-order chi connectivity index (χ1) is 13.5. The van der Waals surface area contributed by atoms with E-state index in [-0.39, 0.29) is 12.8 Å². The summed E-state index contributed by atoms with van der Waals surface area (Å²) in [6.07, 6.45) is -3.76. The van der Waals surface area contributed by atoms with Crippen molar-refractivity contribution >= 4 is 5.97 Å². The van der Waals surface area contributed by atoms with Crippen molar-refractivity contribution < 1.29 is 40.2 Å². The maximum atomic E-state index is 12.1. The molecule has 1 spiro atoms. The molecule has 4 aliphatic carbocycles.